The number of nitrogens with one attached hydrogen (secondary N) is 2. The van der Waals surface area contributed by atoms with Crippen LogP contribution in [0.25, 0.3) is 0 Å². The summed E-state index contributed by atoms with van der Waals surface area (Å²) in [7, 11) is 0. The van der Waals surface area contributed by atoms with E-state index in [-0.39, 0.29) is 36.7 Å². The minimum atomic E-state index is -0.403. The summed E-state index contributed by atoms with van der Waals surface area (Å²) < 4.78 is 23.6. The van der Waals surface area contributed by atoms with Gasteiger partial charge in [-0.25, -0.2) is 4.39 Å². The maximum Gasteiger partial charge on any atom is 0.251 e. The van der Waals surface area contributed by atoms with Gasteiger partial charge in [0, 0.05) is 36.9 Å². The molecular weight excluding hydrogens is 353 g/mol. The zero-order valence-corrected chi connectivity index (χ0v) is 15.0. The first-order chi connectivity index (χ1) is 13.0. The van der Waals surface area contributed by atoms with Crippen LogP contribution in [-0.2, 0) is 16.0 Å². The van der Waals surface area contributed by atoms with Gasteiger partial charge in [-0.15, -0.1) is 0 Å². The molecule has 2 N–H and O–H groups in total. The van der Waals surface area contributed by atoms with Crippen LogP contribution in [0.3, 0.4) is 0 Å². The molecule has 0 saturated carbocycles. The molecule has 0 spiro atoms. The van der Waals surface area contributed by atoms with Gasteiger partial charge in [0.05, 0.1) is 24.9 Å². The lowest BCUT2D eigenvalue weighted by atomic mass is 9.98. The smallest absolute Gasteiger partial charge is 0.251 e. The van der Waals surface area contributed by atoms with Gasteiger partial charge in [0.1, 0.15) is 11.6 Å². The van der Waals surface area contributed by atoms with Crippen molar-refractivity contribution in [2.45, 2.75) is 25.8 Å². The second-order valence-corrected chi connectivity index (χ2v) is 6.62. The first kappa shape index (κ1) is 19.0. The summed E-state index contributed by atoms with van der Waals surface area (Å²) in [6.45, 7) is 3.05. The van der Waals surface area contributed by atoms with E-state index in [1.807, 2.05) is 13.0 Å². The van der Waals surface area contributed by atoms with Gasteiger partial charge < -0.3 is 19.9 Å². The highest BCUT2D eigenvalue weighted by molar-refractivity contribution is 5.94. The van der Waals surface area contributed by atoms with Crippen molar-refractivity contribution in [2.75, 3.05) is 19.8 Å². The Bertz CT molecular complexity index is 791. The highest BCUT2D eigenvalue weighted by Crippen LogP contribution is 2.19. The van der Waals surface area contributed by atoms with Crippen LogP contribution in [0.2, 0.25) is 0 Å². The molecule has 3 rings (SSSR count). The minimum absolute atomic E-state index is 0.101. The number of aryl methyl sites for hydroxylation is 1. The molecule has 0 aliphatic carbocycles. The van der Waals surface area contributed by atoms with E-state index in [0.29, 0.717) is 25.2 Å². The van der Waals surface area contributed by atoms with Gasteiger partial charge in [-0.2, -0.15) is 0 Å². The maximum absolute atomic E-state index is 12.9. The summed E-state index contributed by atoms with van der Waals surface area (Å²) in [5.41, 5.74) is 1.17. The highest BCUT2D eigenvalue weighted by Gasteiger charge is 2.30. The van der Waals surface area contributed by atoms with Crippen molar-refractivity contribution in [2.24, 2.45) is 5.92 Å². The number of hydrogen-bond donors (Lipinski definition) is 2. The first-order valence-corrected chi connectivity index (χ1v) is 8.84. The lowest BCUT2D eigenvalue weighted by Crippen LogP contribution is -2.41. The molecule has 1 aliphatic heterocycles. The van der Waals surface area contributed by atoms with Crippen molar-refractivity contribution < 1.29 is 23.2 Å². The number of rotatable bonds is 7. The van der Waals surface area contributed by atoms with Crippen LogP contribution < -0.4 is 10.6 Å². The third kappa shape index (κ3) is 5.37. The largest absolute Gasteiger partial charge is 0.379 e. The normalized spacial score (nSPS) is 19.0. The molecule has 2 aromatic rings. The number of nitrogens with zero attached hydrogens (tertiary/aromatic N) is 1. The zero-order chi connectivity index (χ0) is 19.2. The number of aromatic nitrogens is 1. The van der Waals surface area contributed by atoms with Crippen molar-refractivity contribution in [3.63, 3.8) is 0 Å². The first-order valence-electron chi connectivity index (χ1n) is 8.84. The van der Waals surface area contributed by atoms with E-state index in [1.165, 1.54) is 24.3 Å². The predicted molar refractivity (Wildman–Crippen MR) is 94.5 cm³/mol. The standard InChI is InChI=1S/C19H22FN3O4/c1-12-8-16(27-23-12)9-14-10-26-11-17(14)22-18(24)6-7-21-19(25)13-2-4-15(20)5-3-13/h2-5,8,14,17H,6-7,9-11H2,1H3,(H,21,25)(H,22,24)/t14-,17+/m1/s1. The number of carbonyl (C=O) groups excluding carboxylic acids is 2. The molecular formula is C19H22FN3O4. The molecule has 2 heterocycles. The number of amides is 2. The molecule has 1 aromatic carbocycles. The van der Waals surface area contributed by atoms with Gasteiger partial charge >= 0.3 is 0 Å². The minimum Gasteiger partial charge on any atom is -0.379 e. The molecule has 2 atom stereocenters. The maximum atomic E-state index is 12.9. The summed E-state index contributed by atoms with van der Waals surface area (Å²) in [5, 5.41) is 9.47. The number of halogens is 1. The number of ether oxygens (including phenoxy) is 1. The fraction of sp³-hybridized carbons (Fsp3) is 0.421. The monoisotopic (exact) mass is 375 g/mol. The fourth-order valence-electron chi connectivity index (χ4n) is 3.00. The van der Waals surface area contributed by atoms with Crippen molar-refractivity contribution in [3.8, 4) is 0 Å². The Morgan fingerprint density at radius 2 is 2.04 bits per heavy atom. The molecule has 27 heavy (non-hydrogen) atoms. The summed E-state index contributed by atoms with van der Waals surface area (Å²) in [6.07, 6.45) is 0.796. The second-order valence-electron chi connectivity index (χ2n) is 6.62. The van der Waals surface area contributed by atoms with E-state index < -0.39 is 5.82 Å². The summed E-state index contributed by atoms with van der Waals surface area (Å²) in [6, 6.07) is 7.01. The fourth-order valence-corrected chi connectivity index (χ4v) is 3.00. The topological polar surface area (TPSA) is 93.5 Å². The molecule has 7 nitrogen and oxygen atoms in total. The molecule has 0 unspecified atom stereocenters. The Labute approximate surface area is 156 Å². The van der Waals surface area contributed by atoms with Crippen LogP contribution in [0.1, 0.15) is 28.2 Å². The van der Waals surface area contributed by atoms with Gasteiger partial charge in [-0.1, -0.05) is 5.16 Å². The van der Waals surface area contributed by atoms with E-state index in [2.05, 4.69) is 15.8 Å². The third-order valence-electron chi connectivity index (χ3n) is 4.43. The molecule has 0 radical (unpaired) electrons. The average molecular weight is 375 g/mol. The molecule has 1 saturated heterocycles. The predicted octanol–water partition coefficient (Wildman–Crippen LogP) is 1.62. The van der Waals surface area contributed by atoms with Crippen molar-refractivity contribution in [1.29, 1.82) is 0 Å². The molecule has 1 aromatic heterocycles. The van der Waals surface area contributed by atoms with E-state index in [0.717, 1.165) is 11.5 Å². The lowest BCUT2D eigenvalue weighted by molar-refractivity contribution is -0.121. The zero-order valence-electron chi connectivity index (χ0n) is 15.0. The molecule has 1 fully saturated rings. The number of hydrogen-bond acceptors (Lipinski definition) is 5. The highest BCUT2D eigenvalue weighted by atomic mass is 19.1. The molecule has 0 bridgehead atoms. The van der Waals surface area contributed by atoms with Crippen LogP contribution in [0.15, 0.2) is 34.9 Å². The second kappa shape index (κ2) is 8.77. The summed E-state index contributed by atoms with van der Waals surface area (Å²) in [4.78, 5) is 24.1. The van der Waals surface area contributed by atoms with Crippen LogP contribution in [0.5, 0.6) is 0 Å². The Morgan fingerprint density at radius 3 is 2.74 bits per heavy atom. The van der Waals surface area contributed by atoms with Crippen molar-refractivity contribution in [3.05, 3.63) is 53.2 Å². The van der Waals surface area contributed by atoms with Gasteiger partial charge in [-0.05, 0) is 31.2 Å². The average Bonchev–Trinajstić information content (AvgIpc) is 3.24. The van der Waals surface area contributed by atoms with Crippen LogP contribution >= 0.6 is 0 Å². The van der Waals surface area contributed by atoms with E-state index in [4.69, 9.17) is 9.26 Å². The van der Waals surface area contributed by atoms with Crippen molar-refractivity contribution >= 4 is 11.8 Å². The van der Waals surface area contributed by atoms with Crippen LogP contribution in [0.4, 0.5) is 4.39 Å². The van der Waals surface area contributed by atoms with Gasteiger partial charge in [0.25, 0.3) is 5.91 Å². The van der Waals surface area contributed by atoms with Gasteiger partial charge in [0.15, 0.2) is 0 Å². The van der Waals surface area contributed by atoms with Crippen LogP contribution in [0, 0.1) is 18.7 Å². The summed E-state index contributed by atoms with van der Waals surface area (Å²) >= 11 is 0. The van der Waals surface area contributed by atoms with Gasteiger partial charge in [-0.3, -0.25) is 9.59 Å². The van der Waals surface area contributed by atoms with Crippen LogP contribution in [-0.4, -0.2) is 42.8 Å². The Balaban J connectivity index is 1.41. The van der Waals surface area contributed by atoms with Crippen molar-refractivity contribution in [1.82, 2.24) is 15.8 Å². The third-order valence-corrected chi connectivity index (χ3v) is 4.43. The van der Waals surface area contributed by atoms with E-state index in [9.17, 15) is 14.0 Å². The SMILES string of the molecule is Cc1cc(C[C@@H]2COC[C@@H]2NC(=O)CCNC(=O)c2ccc(F)cc2)on1. The molecule has 8 heteroatoms. The van der Waals surface area contributed by atoms with Gasteiger partial charge in [0.2, 0.25) is 5.91 Å². The Morgan fingerprint density at radius 1 is 1.26 bits per heavy atom. The van der Waals surface area contributed by atoms with E-state index in [1.54, 1.807) is 0 Å². The Kier molecular flexibility index (Phi) is 6.18. The number of benzene rings is 1. The molecule has 144 valence electrons. The molecule has 1 aliphatic rings. The summed E-state index contributed by atoms with van der Waals surface area (Å²) in [5.74, 6) is -0.0158. The quantitative estimate of drug-likeness (QED) is 0.767. The van der Waals surface area contributed by atoms with E-state index >= 15 is 0 Å². The molecule has 2 amide bonds. The Hall–Kier alpha value is -2.74. The lowest BCUT2D eigenvalue weighted by Gasteiger charge is -2.18. The number of carbonyl (C=O) groups is 2.